The number of hydrogen-bond donors (Lipinski definition) is 0. The summed E-state index contributed by atoms with van der Waals surface area (Å²) in [6.07, 6.45) is 0.583. The fraction of sp³-hybridized carbons (Fsp3) is 1.00. The van der Waals surface area contributed by atoms with E-state index in [4.69, 9.17) is 4.74 Å². The zero-order chi connectivity index (χ0) is 2.99. The van der Waals surface area contributed by atoms with E-state index in [1.54, 1.807) is 0 Å². The highest BCUT2D eigenvalue weighted by atomic mass is 28.1. The lowest BCUT2D eigenvalue weighted by atomic mass is 10.6. The van der Waals surface area contributed by atoms with Crippen molar-refractivity contribution in [1.82, 2.24) is 0 Å². The molecule has 1 unspecified atom stereocenters. The van der Waals surface area contributed by atoms with Crippen LogP contribution in [0.4, 0.5) is 0 Å². The average molecular weight is 86.2 g/mol. The van der Waals surface area contributed by atoms with Gasteiger partial charge in [-0.1, -0.05) is 0 Å². The summed E-state index contributed by atoms with van der Waals surface area (Å²) in [5, 5.41) is 0. The molecule has 1 atom stereocenters. The van der Waals surface area contributed by atoms with Crippen molar-refractivity contribution in [3.8, 4) is 0 Å². The van der Waals surface area contributed by atoms with E-state index in [1.807, 2.05) is 0 Å². The van der Waals surface area contributed by atoms with Crippen molar-refractivity contribution in [2.24, 2.45) is 0 Å². The van der Waals surface area contributed by atoms with Gasteiger partial charge in [-0.3, -0.25) is 0 Å². The van der Waals surface area contributed by atoms with Crippen molar-refractivity contribution in [3.63, 3.8) is 0 Å². The van der Waals surface area contributed by atoms with Crippen molar-refractivity contribution in [2.75, 3.05) is 6.61 Å². The maximum Gasteiger partial charge on any atom is 0.0781 e. The van der Waals surface area contributed by atoms with E-state index in [2.05, 4.69) is 6.92 Å². The zero-order valence-corrected chi connectivity index (χ0v) is 4.19. The van der Waals surface area contributed by atoms with E-state index in [-0.39, 0.29) is 11.0 Å². The van der Waals surface area contributed by atoms with Crippen LogP contribution in [-0.4, -0.2) is 23.7 Å². The first-order valence-electron chi connectivity index (χ1n) is 1.51. The molecular formula is C3H6OSi. The summed E-state index contributed by atoms with van der Waals surface area (Å²) >= 11 is 0. The summed E-state index contributed by atoms with van der Waals surface area (Å²) in [6, 6.07) is 0. The third-order valence-electron chi connectivity index (χ3n) is 0.500. The molecule has 0 aromatic carbocycles. The lowest BCUT2D eigenvalue weighted by molar-refractivity contribution is 0.423. The molecule has 28 valence electrons. The summed E-state index contributed by atoms with van der Waals surface area (Å²) in [5.41, 5.74) is 0. The lowest BCUT2D eigenvalue weighted by Crippen LogP contribution is -1.60. The van der Waals surface area contributed by atoms with Crippen LogP contribution in [0.2, 0.25) is 0 Å². The number of rotatable bonds is 0. The van der Waals surface area contributed by atoms with E-state index in [9.17, 15) is 0 Å². The average Bonchev–Trinajstić information content (AvgIpc) is 1.75. The Morgan fingerprint density at radius 2 is 2.00 bits per heavy atom. The summed E-state index contributed by atoms with van der Waals surface area (Å²) in [6.45, 7) is 3.04. The van der Waals surface area contributed by atoms with Crippen LogP contribution in [0, 0.1) is 0 Å². The Bertz CT molecular complexity index is 26.1. The third-order valence-corrected chi connectivity index (χ3v) is 0.500. The van der Waals surface area contributed by atoms with Crippen LogP contribution in [0.3, 0.4) is 0 Å². The standard InChI is InChI=1S/C3H6O.Si/c1-3-2-4-3;/h3H,2H2,1H3;. The van der Waals surface area contributed by atoms with Gasteiger partial charge in [0.2, 0.25) is 0 Å². The fourth-order valence-electron chi connectivity index (χ4n) is 0.0962. The van der Waals surface area contributed by atoms with Gasteiger partial charge in [0.05, 0.1) is 12.7 Å². The van der Waals surface area contributed by atoms with Gasteiger partial charge in [-0.25, -0.2) is 0 Å². The maximum atomic E-state index is 4.71. The zero-order valence-electron chi connectivity index (χ0n) is 3.19. The van der Waals surface area contributed by atoms with Gasteiger partial charge in [-0.15, -0.1) is 0 Å². The smallest absolute Gasteiger partial charge is 0.0781 e. The molecule has 1 aliphatic rings. The fourth-order valence-corrected chi connectivity index (χ4v) is 0.0962. The Balaban J connectivity index is 0.000000160. The van der Waals surface area contributed by atoms with Gasteiger partial charge in [0.25, 0.3) is 0 Å². The molecule has 5 heavy (non-hydrogen) atoms. The van der Waals surface area contributed by atoms with Gasteiger partial charge in [-0.05, 0) is 6.92 Å². The Kier molecular flexibility index (Phi) is 1.63. The van der Waals surface area contributed by atoms with Crippen LogP contribution in [0.5, 0.6) is 0 Å². The topological polar surface area (TPSA) is 12.5 Å². The number of hydrogen-bond acceptors (Lipinski definition) is 1. The van der Waals surface area contributed by atoms with E-state index < -0.39 is 0 Å². The molecule has 0 aliphatic carbocycles. The molecule has 1 saturated heterocycles. The first-order valence-corrected chi connectivity index (χ1v) is 1.51. The maximum absolute atomic E-state index is 4.71. The van der Waals surface area contributed by atoms with Crippen molar-refractivity contribution >= 4 is 11.0 Å². The summed E-state index contributed by atoms with van der Waals surface area (Å²) in [4.78, 5) is 0. The van der Waals surface area contributed by atoms with Crippen molar-refractivity contribution in [1.29, 1.82) is 0 Å². The van der Waals surface area contributed by atoms with E-state index in [0.717, 1.165) is 6.61 Å². The van der Waals surface area contributed by atoms with E-state index >= 15 is 0 Å². The monoisotopic (exact) mass is 86.0 g/mol. The minimum atomic E-state index is 0. The van der Waals surface area contributed by atoms with Crippen LogP contribution in [-0.2, 0) is 4.74 Å². The number of epoxide rings is 1. The molecule has 1 nitrogen and oxygen atoms in total. The van der Waals surface area contributed by atoms with Gasteiger partial charge in [-0.2, -0.15) is 0 Å². The van der Waals surface area contributed by atoms with Gasteiger partial charge in [0.1, 0.15) is 0 Å². The van der Waals surface area contributed by atoms with Crippen LogP contribution >= 0.6 is 0 Å². The largest absolute Gasteiger partial charge is 0.373 e. The minimum Gasteiger partial charge on any atom is -0.373 e. The highest BCUT2D eigenvalue weighted by Crippen LogP contribution is 2.04. The molecule has 0 spiro atoms. The first-order chi connectivity index (χ1) is 1.89. The molecular weight excluding hydrogens is 80.1 g/mol. The molecule has 1 rings (SSSR count). The van der Waals surface area contributed by atoms with Crippen LogP contribution in [0.1, 0.15) is 6.92 Å². The van der Waals surface area contributed by atoms with E-state index in [0.29, 0.717) is 6.10 Å². The molecule has 0 amide bonds. The molecule has 1 fully saturated rings. The predicted molar refractivity (Wildman–Crippen MR) is 21.2 cm³/mol. The minimum absolute atomic E-state index is 0. The highest BCUT2D eigenvalue weighted by molar-refractivity contribution is 5.75. The summed E-state index contributed by atoms with van der Waals surface area (Å²) in [7, 11) is 0. The highest BCUT2D eigenvalue weighted by Gasteiger charge is 2.13. The van der Waals surface area contributed by atoms with Gasteiger partial charge >= 0.3 is 0 Å². The molecule has 2 heteroatoms. The van der Waals surface area contributed by atoms with Crippen LogP contribution in [0.25, 0.3) is 0 Å². The van der Waals surface area contributed by atoms with Crippen molar-refractivity contribution in [2.45, 2.75) is 13.0 Å². The quantitative estimate of drug-likeness (QED) is 0.299. The third kappa shape index (κ3) is 1.96. The Morgan fingerprint density at radius 1 is 1.80 bits per heavy atom. The molecule has 0 aromatic rings. The predicted octanol–water partition coefficient (Wildman–Crippen LogP) is 0.0243. The van der Waals surface area contributed by atoms with Gasteiger partial charge in [0, 0.05) is 11.0 Å². The Labute approximate surface area is 36.4 Å². The number of ether oxygens (including phenoxy) is 1. The second-order valence-electron chi connectivity index (χ2n) is 1.14. The Hall–Kier alpha value is 0.177. The molecule has 0 N–H and O–H groups in total. The molecule has 0 bridgehead atoms. The Morgan fingerprint density at radius 3 is 2.00 bits per heavy atom. The van der Waals surface area contributed by atoms with Crippen molar-refractivity contribution in [3.05, 3.63) is 0 Å². The molecule has 0 aromatic heterocycles. The lowest BCUT2D eigenvalue weighted by Gasteiger charge is -1.50. The summed E-state index contributed by atoms with van der Waals surface area (Å²) < 4.78 is 4.71. The van der Waals surface area contributed by atoms with E-state index in [1.165, 1.54) is 0 Å². The molecule has 1 heterocycles. The van der Waals surface area contributed by atoms with Gasteiger partial charge < -0.3 is 4.74 Å². The first kappa shape index (κ1) is 5.18. The van der Waals surface area contributed by atoms with Crippen LogP contribution < -0.4 is 0 Å². The second kappa shape index (κ2) is 1.57. The van der Waals surface area contributed by atoms with Crippen LogP contribution in [0.15, 0.2) is 0 Å². The molecule has 4 radical (unpaired) electrons. The normalized spacial score (nSPS) is 31.8. The molecule has 1 aliphatic heterocycles. The second-order valence-corrected chi connectivity index (χ2v) is 1.14. The van der Waals surface area contributed by atoms with Crippen molar-refractivity contribution < 1.29 is 4.74 Å². The van der Waals surface area contributed by atoms with Gasteiger partial charge in [0.15, 0.2) is 0 Å². The molecule has 0 saturated carbocycles. The summed E-state index contributed by atoms with van der Waals surface area (Å²) in [5.74, 6) is 0. The SMILES string of the molecule is CC1CO1.[Si].